The van der Waals surface area contributed by atoms with Gasteiger partial charge in [-0.05, 0) is 13.8 Å². The van der Waals surface area contributed by atoms with Crippen LogP contribution in [0.4, 0.5) is 5.69 Å². The van der Waals surface area contributed by atoms with Crippen LogP contribution in [-0.4, -0.2) is 28.1 Å². The Balaban J connectivity index is 2.68. The molecule has 1 rings (SSSR count). The summed E-state index contributed by atoms with van der Waals surface area (Å²) in [5.41, 5.74) is 10.4. The molecule has 0 saturated heterocycles. The molecule has 7 nitrogen and oxygen atoms in total. The summed E-state index contributed by atoms with van der Waals surface area (Å²) >= 11 is 0. The van der Waals surface area contributed by atoms with E-state index in [1.165, 1.54) is 10.9 Å². The Labute approximate surface area is 99.1 Å². The number of nitrogens with one attached hydrogen (secondary N) is 1. The summed E-state index contributed by atoms with van der Waals surface area (Å²) in [6.45, 7) is 3.44. The van der Waals surface area contributed by atoms with Gasteiger partial charge in [0.05, 0.1) is 11.1 Å². The number of rotatable bonds is 4. The zero-order chi connectivity index (χ0) is 13.2. The third-order valence-electron chi connectivity index (χ3n) is 2.43. The van der Waals surface area contributed by atoms with E-state index >= 15 is 0 Å². The molecule has 17 heavy (non-hydrogen) atoms. The zero-order valence-electron chi connectivity index (χ0n) is 10.2. The van der Waals surface area contributed by atoms with Crippen molar-refractivity contribution in [3.63, 3.8) is 0 Å². The number of aromatic nitrogens is 2. The van der Waals surface area contributed by atoms with E-state index in [0.29, 0.717) is 5.69 Å². The summed E-state index contributed by atoms with van der Waals surface area (Å²) in [6.07, 6.45) is 1.54. The lowest BCUT2D eigenvalue weighted by Gasteiger charge is -2.20. The van der Waals surface area contributed by atoms with Crippen LogP contribution in [0.25, 0.3) is 0 Å². The van der Waals surface area contributed by atoms with Crippen LogP contribution in [0, 0.1) is 5.41 Å². The highest BCUT2D eigenvalue weighted by Gasteiger charge is 2.26. The maximum absolute atomic E-state index is 11.7. The summed E-state index contributed by atoms with van der Waals surface area (Å²) in [5, 5.41) is 6.50. The van der Waals surface area contributed by atoms with Gasteiger partial charge in [-0.3, -0.25) is 14.3 Å². The highest BCUT2D eigenvalue weighted by Crippen LogP contribution is 2.13. The number of hydrogen-bond donors (Lipinski definition) is 3. The highest BCUT2D eigenvalue weighted by atomic mass is 16.2. The van der Waals surface area contributed by atoms with Crippen LogP contribution < -0.4 is 16.8 Å². The quantitative estimate of drug-likeness (QED) is 0.640. The van der Waals surface area contributed by atoms with Crippen molar-refractivity contribution in [2.75, 3.05) is 12.3 Å². The van der Waals surface area contributed by atoms with Crippen molar-refractivity contribution in [1.29, 1.82) is 0 Å². The number of amides is 2. The Kier molecular flexibility index (Phi) is 3.40. The average Bonchev–Trinajstić information content (AvgIpc) is 2.54. The molecule has 1 heterocycles. The monoisotopic (exact) mass is 239 g/mol. The number of aryl methyl sites for hydroxylation is 1. The van der Waals surface area contributed by atoms with Crippen molar-refractivity contribution >= 4 is 17.5 Å². The Morgan fingerprint density at radius 1 is 1.53 bits per heavy atom. The number of nitrogens with zero attached hydrogens (tertiary/aromatic N) is 2. The molecule has 0 fully saturated rings. The maximum Gasteiger partial charge on any atom is 0.273 e. The Morgan fingerprint density at radius 2 is 2.12 bits per heavy atom. The van der Waals surface area contributed by atoms with E-state index in [1.54, 1.807) is 20.9 Å². The molecule has 0 aliphatic carbocycles. The van der Waals surface area contributed by atoms with Gasteiger partial charge in [-0.15, -0.1) is 0 Å². The zero-order valence-corrected chi connectivity index (χ0v) is 10.2. The third-order valence-corrected chi connectivity index (χ3v) is 2.43. The van der Waals surface area contributed by atoms with Crippen molar-refractivity contribution in [3.8, 4) is 0 Å². The standard InChI is InChI=1S/C10H17N5O2/c1-10(2,9(12)17)5-13-8(16)7-6(11)4-15(3)14-7/h4H,5,11H2,1-3H3,(H2,12,17)(H,13,16). The van der Waals surface area contributed by atoms with Crippen LogP contribution in [0.15, 0.2) is 6.20 Å². The summed E-state index contributed by atoms with van der Waals surface area (Å²) in [6, 6.07) is 0. The molecule has 0 radical (unpaired) electrons. The smallest absolute Gasteiger partial charge is 0.273 e. The molecule has 0 bridgehead atoms. The van der Waals surface area contributed by atoms with Gasteiger partial charge in [0.2, 0.25) is 5.91 Å². The summed E-state index contributed by atoms with van der Waals surface area (Å²) in [7, 11) is 1.67. The predicted molar refractivity (Wildman–Crippen MR) is 62.9 cm³/mol. The minimum Gasteiger partial charge on any atom is -0.396 e. The highest BCUT2D eigenvalue weighted by molar-refractivity contribution is 5.97. The first-order valence-corrected chi connectivity index (χ1v) is 5.11. The van der Waals surface area contributed by atoms with Gasteiger partial charge < -0.3 is 16.8 Å². The van der Waals surface area contributed by atoms with Crippen molar-refractivity contribution < 1.29 is 9.59 Å². The van der Waals surface area contributed by atoms with Crippen LogP contribution in [0.5, 0.6) is 0 Å². The van der Waals surface area contributed by atoms with E-state index in [9.17, 15) is 9.59 Å². The molecule has 0 spiro atoms. The fourth-order valence-corrected chi connectivity index (χ4v) is 1.16. The number of carbonyl (C=O) groups is 2. The van der Waals surface area contributed by atoms with Crippen molar-refractivity contribution in [2.45, 2.75) is 13.8 Å². The van der Waals surface area contributed by atoms with E-state index < -0.39 is 17.2 Å². The first kappa shape index (κ1) is 13.0. The molecule has 2 amide bonds. The van der Waals surface area contributed by atoms with Crippen LogP contribution in [0.3, 0.4) is 0 Å². The number of nitrogens with two attached hydrogens (primary N) is 2. The minimum absolute atomic E-state index is 0.136. The summed E-state index contributed by atoms with van der Waals surface area (Å²) in [4.78, 5) is 22.8. The van der Waals surface area contributed by atoms with Crippen LogP contribution in [-0.2, 0) is 11.8 Å². The molecule has 7 heteroatoms. The molecule has 0 atom stereocenters. The molecule has 0 aromatic carbocycles. The number of hydrogen-bond acceptors (Lipinski definition) is 4. The Hall–Kier alpha value is -2.05. The molecule has 0 saturated carbocycles. The summed E-state index contributed by atoms with van der Waals surface area (Å²) in [5.74, 6) is -0.899. The second-order valence-corrected chi connectivity index (χ2v) is 4.54. The van der Waals surface area contributed by atoms with Gasteiger partial charge in [-0.2, -0.15) is 5.10 Å². The van der Waals surface area contributed by atoms with E-state index in [-0.39, 0.29) is 12.2 Å². The first-order chi connectivity index (χ1) is 7.74. The van der Waals surface area contributed by atoms with Crippen LogP contribution in [0.1, 0.15) is 24.3 Å². The molecule has 0 unspecified atom stereocenters. The van der Waals surface area contributed by atoms with Crippen LogP contribution in [0.2, 0.25) is 0 Å². The van der Waals surface area contributed by atoms with Gasteiger partial charge in [-0.25, -0.2) is 0 Å². The van der Waals surface area contributed by atoms with Gasteiger partial charge in [0.25, 0.3) is 5.91 Å². The lowest BCUT2D eigenvalue weighted by atomic mass is 9.93. The average molecular weight is 239 g/mol. The molecule has 5 N–H and O–H groups in total. The molecule has 0 aliphatic heterocycles. The van der Waals surface area contributed by atoms with Gasteiger partial charge in [-0.1, -0.05) is 0 Å². The van der Waals surface area contributed by atoms with Gasteiger partial charge in [0.1, 0.15) is 0 Å². The number of nitrogen functional groups attached to an aromatic ring is 1. The molecular weight excluding hydrogens is 222 g/mol. The van der Waals surface area contributed by atoms with Gasteiger partial charge in [0, 0.05) is 19.8 Å². The second kappa shape index (κ2) is 4.44. The predicted octanol–water partition coefficient (Wildman–Crippen LogP) is -0.756. The first-order valence-electron chi connectivity index (χ1n) is 5.11. The second-order valence-electron chi connectivity index (χ2n) is 4.54. The summed E-state index contributed by atoms with van der Waals surface area (Å²) < 4.78 is 1.45. The molecule has 1 aromatic heterocycles. The third kappa shape index (κ3) is 2.96. The Bertz CT molecular complexity index is 450. The lowest BCUT2D eigenvalue weighted by molar-refractivity contribution is -0.125. The molecular formula is C10H17N5O2. The fourth-order valence-electron chi connectivity index (χ4n) is 1.16. The normalized spacial score (nSPS) is 11.2. The fraction of sp³-hybridized carbons (Fsp3) is 0.500. The number of carbonyl (C=O) groups excluding carboxylic acids is 2. The van der Waals surface area contributed by atoms with Crippen molar-refractivity contribution in [3.05, 3.63) is 11.9 Å². The number of primary amides is 1. The van der Waals surface area contributed by atoms with Crippen molar-refractivity contribution in [1.82, 2.24) is 15.1 Å². The topological polar surface area (TPSA) is 116 Å². The lowest BCUT2D eigenvalue weighted by Crippen LogP contribution is -2.42. The molecule has 94 valence electrons. The largest absolute Gasteiger partial charge is 0.396 e. The van der Waals surface area contributed by atoms with E-state index in [2.05, 4.69) is 10.4 Å². The number of anilines is 1. The minimum atomic E-state index is -0.806. The van der Waals surface area contributed by atoms with Crippen LogP contribution >= 0.6 is 0 Å². The van der Waals surface area contributed by atoms with E-state index in [1.807, 2.05) is 0 Å². The van der Waals surface area contributed by atoms with Gasteiger partial charge >= 0.3 is 0 Å². The van der Waals surface area contributed by atoms with Gasteiger partial charge in [0.15, 0.2) is 5.69 Å². The SMILES string of the molecule is Cn1cc(N)c(C(=O)NCC(C)(C)C(N)=O)n1. The van der Waals surface area contributed by atoms with Crippen molar-refractivity contribution in [2.24, 2.45) is 18.2 Å². The molecule has 0 aliphatic rings. The maximum atomic E-state index is 11.7. The Morgan fingerprint density at radius 3 is 2.53 bits per heavy atom. The molecule has 1 aromatic rings. The van der Waals surface area contributed by atoms with E-state index in [4.69, 9.17) is 11.5 Å². The van der Waals surface area contributed by atoms with E-state index in [0.717, 1.165) is 0 Å².